The lowest BCUT2D eigenvalue weighted by atomic mass is 9.95. The number of aryl methyl sites for hydroxylation is 1. The molecule has 0 unspecified atom stereocenters. The number of benzene rings is 1. The van der Waals surface area contributed by atoms with Gasteiger partial charge in [-0.2, -0.15) is 0 Å². The minimum Gasteiger partial charge on any atom is -0.367 e. The second-order valence-corrected chi connectivity index (χ2v) is 6.75. The Hall–Kier alpha value is -2.76. The summed E-state index contributed by atoms with van der Waals surface area (Å²) >= 11 is 0. The van der Waals surface area contributed by atoms with E-state index in [1.165, 1.54) is 26.2 Å². The van der Waals surface area contributed by atoms with E-state index < -0.39 is 0 Å². The van der Waals surface area contributed by atoms with Gasteiger partial charge in [-0.15, -0.1) is 0 Å². The fourth-order valence-electron chi connectivity index (χ4n) is 3.20. The standard InChI is InChI=1S/C20H24N4O2/c1-13(25)15-8-10-17(11-9-15)24-20(26)18-12-19(22-14(2)21-18)23-16-6-4-3-5-7-16/h8-12,16H,3-7H2,1-2H3,(H,24,26)(H,21,22,23). The van der Waals surface area contributed by atoms with Crippen molar-refractivity contribution >= 4 is 23.2 Å². The maximum absolute atomic E-state index is 12.5. The molecule has 1 aromatic carbocycles. The minimum absolute atomic E-state index is 0.00673. The molecule has 1 saturated carbocycles. The molecule has 1 fully saturated rings. The molecule has 0 atom stereocenters. The van der Waals surface area contributed by atoms with Gasteiger partial charge in [0.1, 0.15) is 17.3 Å². The quantitative estimate of drug-likeness (QED) is 0.795. The van der Waals surface area contributed by atoms with Gasteiger partial charge in [-0.3, -0.25) is 9.59 Å². The van der Waals surface area contributed by atoms with Crippen molar-refractivity contribution < 1.29 is 9.59 Å². The summed E-state index contributed by atoms with van der Waals surface area (Å²) in [4.78, 5) is 32.5. The Labute approximate surface area is 153 Å². The molecule has 0 radical (unpaired) electrons. The molecule has 6 heteroatoms. The second-order valence-electron chi connectivity index (χ2n) is 6.75. The maximum Gasteiger partial charge on any atom is 0.274 e. The molecule has 0 aliphatic heterocycles. The molecular formula is C20H24N4O2. The summed E-state index contributed by atoms with van der Waals surface area (Å²) in [5, 5.41) is 6.25. The van der Waals surface area contributed by atoms with E-state index in [0.717, 1.165) is 12.8 Å². The number of hydrogen-bond donors (Lipinski definition) is 2. The average molecular weight is 352 g/mol. The van der Waals surface area contributed by atoms with Crippen molar-refractivity contribution in [2.24, 2.45) is 0 Å². The summed E-state index contributed by atoms with van der Waals surface area (Å²) in [6.45, 7) is 3.29. The Morgan fingerprint density at radius 1 is 1.04 bits per heavy atom. The molecule has 0 saturated heterocycles. The lowest BCUT2D eigenvalue weighted by molar-refractivity contribution is 0.101. The number of anilines is 2. The first-order valence-corrected chi connectivity index (χ1v) is 9.06. The number of hydrogen-bond acceptors (Lipinski definition) is 5. The van der Waals surface area contributed by atoms with Crippen LogP contribution in [-0.2, 0) is 0 Å². The van der Waals surface area contributed by atoms with Gasteiger partial charge in [0.25, 0.3) is 5.91 Å². The number of nitrogens with zero attached hydrogens (tertiary/aromatic N) is 2. The van der Waals surface area contributed by atoms with E-state index in [4.69, 9.17) is 0 Å². The summed E-state index contributed by atoms with van der Waals surface area (Å²) in [5.74, 6) is 0.954. The van der Waals surface area contributed by atoms with Gasteiger partial charge in [-0.1, -0.05) is 19.3 Å². The van der Waals surface area contributed by atoms with Gasteiger partial charge < -0.3 is 10.6 Å². The first-order chi connectivity index (χ1) is 12.5. The number of carbonyl (C=O) groups excluding carboxylic acids is 2. The number of aromatic nitrogens is 2. The molecule has 136 valence electrons. The Balaban J connectivity index is 1.71. The van der Waals surface area contributed by atoms with E-state index in [1.54, 1.807) is 37.3 Å². The SMILES string of the molecule is CC(=O)c1ccc(NC(=O)c2cc(NC3CCCCC3)nc(C)n2)cc1. The first kappa shape index (κ1) is 18.0. The number of amides is 1. The molecule has 1 aromatic heterocycles. The Morgan fingerprint density at radius 3 is 2.38 bits per heavy atom. The van der Waals surface area contributed by atoms with E-state index in [2.05, 4.69) is 20.6 Å². The van der Waals surface area contributed by atoms with E-state index in [9.17, 15) is 9.59 Å². The van der Waals surface area contributed by atoms with Crippen LogP contribution in [0.3, 0.4) is 0 Å². The van der Waals surface area contributed by atoms with Crippen LogP contribution in [0.5, 0.6) is 0 Å². The zero-order valence-electron chi connectivity index (χ0n) is 15.2. The molecule has 0 spiro atoms. The second kappa shape index (κ2) is 8.08. The van der Waals surface area contributed by atoms with Gasteiger partial charge in [0, 0.05) is 23.4 Å². The Bertz CT molecular complexity index is 796. The number of Topliss-reactive ketones (excluding diaryl/α,β-unsaturated/α-hetero) is 1. The molecular weight excluding hydrogens is 328 g/mol. The molecule has 2 N–H and O–H groups in total. The van der Waals surface area contributed by atoms with Crippen molar-refractivity contribution in [2.45, 2.75) is 52.0 Å². The third-order valence-electron chi connectivity index (χ3n) is 4.58. The highest BCUT2D eigenvalue weighted by Crippen LogP contribution is 2.21. The monoisotopic (exact) mass is 352 g/mol. The lowest BCUT2D eigenvalue weighted by Gasteiger charge is -2.23. The molecule has 1 aliphatic rings. The van der Waals surface area contributed by atoms with E-state index >= 15 is 0 Å². The number of rotatable bonds is 5. The van der Waals surface area contributed by atoms with E-state index in [-0.39, 0.29) is 11.7 Å². The van der Waals surface area contributed by atoms with Crippen molar-refractivity contribution in [3.05, 3.63) is 47.4 Å². The van der Waals surface area contributed by atoms with Gasteiger partial charge in [-0.05, 0) is 51.0 Å². The number of ketones is 1. The average Bonchev–Trinajstić information content (AvgIpc) is 2.62. The molecule has 1 heterocycles. The van der Waals surface area contributed by atoms with Crippen LogP contribution in [-0.4, -0.2) is 27.7 Å². The minimum atomic E-state index is -0.294. The highest BCUT2D eigenvalue weighted by molar-refractivity contribution is 6.03. The largest absolute Gasteiger partial charge is 0.367 e. The predicted octanol–water partition coefficient (Wildman–Crippen LogP) is 3.98. The molecule has 1 amide bonds. The van der Waals surface area contributed by atoms with Crippen molar-refractivity contribution in [2.75, 3.05) is 10.6 Å². The normalized spacial score (nSPS) is 14.7. The van der Waals surface area contributed by atoms with Gasteiger partial charge in [-0.25, -0.2) is 9.97 Å². The molecule has 26 heavy (non-hydrogen) atoms. The predicted molar refractivity (Wildman–Crippen MR) is 102 cm³/mol. The topological polar surface area (TPSA) is 84.0 Å². The van der Waals surface area contributed by atoms with Crippen LogP contribution >= 0.6 is 0 Å². The summed E-state index contributed by atoms with van der Waals surface area (Å²) < 4.78 is 0. The van der Waals surface area contributed by atoms with Crippen LogP contribution in [0.25, 0.3) is 0 Å². The van der Waals surface area contributed by atoms with Crippen molar-refractivity contribution in [1.29, 1.82) is 0 Å². The van der Waals surface area contributed by atoms with Gasteiger partial charge in [0.05, 0.1) is 0 Å². The van der Waals surface area contributed by atoms with Crippen molar-refractivity contribution in [3.63, 3.8) is 0 Å². The fourth-order valence-corrected chi connectivity index (χ4v) is 3.20. The molecule has 3 rings (SSSR count). The highest BCUT2D eigenvalue weighted by atomic mass is 16.2. The number of nitrogens with one attached hydrogen (secondary N) is 2. The van der Waals surface area contributed by atoms with Crippen LogP contribution in [0.4, 0.5) is 11.5 Å². The van der Waals surface area contributed by atoms with Gasteiger partial charge in [0.2, 0.25) is 0 Å². The van der Waals surface area contributed by atoms with Crippen molar-refractivity contribution in [3.8, 4) is 0 Å². The summed E-state index contributed by atoms with van der Waals surface area (Å²) in [5.41, 5.74) is 1.56. The summed E-state index contributed by atoms with van der Waals surface area (Å²) in [7, 11) is 0. The van der Waals surface area contributed by atoms with Gasteiger partial charge >= 0.3 is 0 Å². The Morgan fingerprint density at radius 2 is 1.73 bits per heavy atom. The molecule has 2 aromatic rings. The third kappa shape index (κ3) is 4.65. The lowest BCUT2D eigenvalue weighted by Crippen LogP contribution is -2.24. The van der Waals surface area contributed by atoms with Crippen LogP contribution in [0.1, 0.15) is 65.7 Å². The van der Waals surface area contributed by atoms with E-state index in [1.807, 2.05) is 0 Å². The van der Waals surface area contributed by atoms with Crippen LogP contribution in [0, 0.1) is 6.92 Å². The zero-order chi connectivity index (χ0) is 18.5. The summed E-state index contributed by atoms with van der Waals surface area (Å²) in [6.07, 6.45) is 6.01. The number of carbonyl (C=O) groups is 2. The smallest absolute Gasteiger partial charge is 0.274 e. The molecule has 1 aliphatic carbocycles. The molecule has 0 bridgehead atoms. The maximum atomic E-state index is 12.5. The highest BCUT2D eigenvalue weighted by Gasteiger charge is 2.16. The van der Waals surface area contributed by atoms with E-state index in [0.29, 0.717) is 34.6 Å². The zero-order valence-corrected chi connectivity index (χ0v) is 15.2. The molecule has 6 nitrogen and oxygen atoms in total. The first-order valence-electron chi connectivity index (χ1n) is 9.06. The van der Waals surface area contributed by atoms with Crippen molar-refractivity contribution in [1.82, 2.24) is 9.97 Å². The van der Waals surface area contributed by atoms with Gasteiger partial charge in [0.15, 0.2) is 5.78 Å². The van der Waals surface area contributed by atoms with Crippen LogP contribution in [0.15, 0.2) is 30.3 Å². The fraction of sp³-hybridized carbons (Fsp3) is 0.400. The van der Waals surface area contributed by atoms with Crippen LogP contribution in [0.2, 0.25) is 0 Å². The summed E-state index contributed by atoms with van der Waals surface area (Å²) in [6, 6.07) is 8.92. The third-order valence-corrected chi connectivity index (χ3v) is 4.58. The van der Waals surface area contributed by atoms with Crippen LogP contribution < -0.4 is 10.6 Å². The Kier molecular flexibility index (Phi) is 5.61.